The Labute approximate surface area is 148 Å². The Morgan fingerprint density at radius 1 is 1.20 bits per heavy atom. The lowest BCUT2D eigenvalue weighted by molar-refractivity contribution is -0.126. The molecule has 1 saturated carbocycles. The van der Waals surface area contributed by atoms with E-state index in [-0.39, 0.29) is 24.4 Å². The standard InChI is InChI=1S/C18H28N4O3/c1-12-13(2)25-16(20-12)10-19-17(23)14-6-5-9-22(11-14)18(24)21-15-7-3-4-8-15/h14-15H,3-11H2,1-2H3,(H,19,23)(H,21,24)/t14-/m0/s1. The summed E-state index contributed by atoms with van der Waals surface area (Å²) in [4.78, 5) is 30.9. The number of hydrogen-bond acceptors (Lipinski definition) is 4. The number of aromatic nitrogens is 1. The van der Waals surface area contributed by atoms with Crippen molar-refractivity contribution < 1.29 is 14.0 Å². The molecule has 1 saturated heterocycles. The van der Waals surface area contributed by atoms with Crippen molar-refractivity contribution in [1.82, 2.24) is 20.5 Å². The number of carbonyl (C=O) groups excluding carboxylic acids is 2. The minimum atomic E-state index is -0.166. The Balaban J connectivity index is 1.48. The lowest BCUT2D eigenvalue weighted by Gasteiger charge is -2.32. The maximum Gasteiger partial charge on any atom is 0.317 e. The van der Waals surface area contributed by atoms with Crippen molar-refractivity contribution in [3.8, 4) is 0 Å². The van der Waals surface area contributed by atoms with Crippen molar-refractivity contribution in [2.24, 2.45) is 5.92 Å². The number of hydrogen-bond donors (Lipinski definition) is 2. The van der Waals surface area contributed by atoms with Crippen molar-refractivity contribution in [3.63, 3.8) is 0 Å². The number of oxazole rings is 1. The van der Waals surface area contributed by atoms with Gasteiger partial charge in [-0.1, -0.05) is 12.8 Å². The second kappa shape index (κ2) is 7.89. The predicted molar refractivity (Wildman–Crippen MR) is 92.9 cm³/mol. The third-order valence-electron chi connectivity index (χ3n) is 5.25. The summed E-state index contributed by atoms with van der Waals surface area (Å²) < 4.78 is 5.49. The number of piperidine rings is 1. The molecule has 2 heterocycles. The van der Waals surface area contributed by atoms with E-state index >= 15 is 0 Å². The summed E-state index contributed by atoms with van der Waals surface area (Å²) in [7, 11) is 0. The van der Waals surface area contributed by atoms with Crippen molar-refractivity contribution >= 4 is 11.9 Å². The summed E-state index contributed by atoms with van der Waals surface area (Å²) in [5, 5.41) is 5.99. The predicted octanol–water partition coefficient (Wildman–Crippen LogP) is 2.27. The third kappa shape index (κ3) is 4.52. The Hall–Kier alpha value is -2.05. The molecule has 7 nitrogen and oxygen atoms in total. The molecule has 138 valence electrons. The molecule has 3 amide bonds. The first-order valence-electron chi connectivity index (χ1n) is 9.29. The quantitative estimate of drug-likeness (QED) is 0.874. The average Bonchev–Trinajstić information content (AvgIpc) is 3.23. The number of aryl methyl sites for hydroxylation is 2. The molecule has 1 aromatic rings. The van der Waals surface area contributed by atoms with Crippen LogP contribution in [0.4, 0.5) is 4.79 Å². The molecular formula is C18H28N4O3. The molecule has 1 aromatic heterocycles. The highest BCUT2D eigenvalue weighted by Gasteiger charge is 2.29. The van der Waals surface area contributed by atoms with E-state index in [9.17, 15) is 9.59 Å². The van der Waals surface area contributed by atoms with Crippen LogP contribution in [-0.4, -0.2) is 41.0 Å². The van der Waals surface area contributed by atoms with Gasteiger partial charge in [0.15, 0.2) is 0 Å². The molecule has 25 heavy (non-hydrogen) atoms. The van der Waals surface area contributed by atoms with E-state index in [1.807, 2.05) is 13.8 Å². The van der Waals surface area contributed by atoms with Crippen LogP contribution in [0, 0.1) is 19.8 Å². The summed E-state index contributed by atoms with van der Waals surface area (Å²) in [5.41, 5.74) is 0.844. The second-order valence-electron chi connectivity index (χ2n) is 7.18. The molecule has 2 N–H and O–H groups in total. The molecular weight excluding hydrogens is 320 g/mol. The van der Waals surface area contributed by atoms with Crippen molar-refractivity contribution in [3.05, 3.63) is 17.3 Å². The summed E-state index contributed by atoms with van der Waals surface area (Å²) in [6.07, 6.45) is 6.18. The summed E-state index contributed by atoms with van der Waals surface area (Å²) >= 11 is 0. The molecule has 2 fully saturated rings. The largest absolute Gasteiger partial charge is 0.444 e. The summed E-state index contributed by atoms with van der Waals surface area (Å²) in [5.74, 6) is 1.10. The first-order valence-corrected chi connectivity index (χ1v) is 9.29. The molecule has 0 spiro atoms. The first-order chi connectivity index (χ1) is 12.0. The van der Waals surface area contributed by atoms with Gasteiger partial charge in [-0.15, -0.1) is 0 Å². The number of carbonyl (C=O) groups is 2. The van der Waals surface area contributed by atoms with Crippen molar-refractivity contribution in [2.45, 2.75) is 65.0 Å². The second-order valence-corrected chi connectivity index (χ2v) is 7.18. The molecule has 0 radical (unpaired) electrons. The van der Waals surface area contributed by atoms with Crippen LogP contribution < -0.4 is 10.6 Å². The molecule has 2 aliphatic rings. The van der Waals surface area contributed by atoms with Crippen LogP contribution in [0.5, 0.6) is 0 Å². The molecule has 1 aliphatic heterocycles. The van der Waals surface area contributed by atoms with Gasteiger partial charge in [-0.05, 0) is 39.5 Å². The minimum absolute atomic E-state index is 0.0247. The lowest BCUT2D eigenvalue weighted by Crippen LogP contribution is -2.50. The van der Waals surface area contributed by atoms with Crippen LogP contribution in [0.1, 0.15) is 55.9 Å². The van der Waals surface area contributed by atoms with Crippen molar-refractivity contribution in [2.75, 3.05) is 13.1 Å². The fraction of sp³-hybridized carbons (Fsp3) is 0.722. The molecule has 3 rings (SSSR count). The number of urea groups is 1. The molecule has 7 heteroatoms. The van der Waals surface area contributed by atoms with Gasteiger partial charge in [-0.25, -0.2) is 9.78 Å². The van der Waals surface area contributed by atoms with Gasteiger partial charge in [-0.2, -0.15) is 0 Å². The first kappa shape index (κ1) is 17.8. The van der Waals surface area contributed by atoms with Crippen LogP contribution in [0.3, 0.4) is 0 Å². The van der Waals surface area contributed by atoms with Gasteiger partial charge in [0.25, 0.3) is 0 Å². The Kier molecular flexibility index (Phi) is 5.60. The zero-order valence-corrected chi connectivity index (χ0v) is 15.1. The fourth-order valence-electron chi connectivity index (χ4n) is 3.63. The third-order valence-corrected chi connectivity index (χ3v) is 5.25. The maximum absolute atomic E-state index is 12.4. The van der Waals surface area contributed by atoms with E-state index in [1.165, 1.54) is 12.8 Å². The highest BCUT2D eigenvalue weighted by Crippen LogP contribution is 2.20. The normalized spacial score (nSPS) is 21.4. The molecule has 0 unspecified atom stereocenters. The van der Waals surface area contributed by atoms with Gasteiger partial charge in [0.2, 0.25) is 11.8 Å². The van der Waals surface area contributed by atoms with Crippen LogP contribution in [0.2, 0.25) is 0 Å². The summed E-state index contributed by atoms with van der Waals surface area (Å²) in [6, 6.07) is 0.279. The molecule has 1 aliphatic carbocycles. The number of likely N-dealkylation sites (tertiary alicyclic amines) is 1. The monoisotopic (exact) mass is 348 g/mol. The lowest BCUT2D eigenvalue weighted by atomic mass is 9.97. The van der Waals surface area contributed by atoms with Gasteiger partial charge in [0.05, 0.1) is 18.2 Å². The van der Waals surface area contributed by atoms with Crippen molar-refractivity contribution in [1.29, 1.82) is 0 Å². The zero-order valence-electron chi connectivity index (χ0n) is 15.1. The fourth-order valence-corrected chi connectivity index (χ4v) is 3.63. The number of amides is 3. The summed E-state index contributed by atoms with van der Waals surface area (Å²) in [6.45, 7) is 5.23. The highest BCUT2D eigenvalue weighted by atomic mass is 16.4. The minimum Gasteiger partial charge on any atom is -0.444 e. The highest BCUT2D eigenvalue weighted by molar-refractivity contribution is 5.80. The molecule has 0 bridgehead atoms. The van der Waals surface area contributed by atoms with E-state index in [4.69, 9.17) is 4.42 Å². The Bertz CT molecular complexity index is 602. The van der Waals surface area contributed by atoms with Crippen LogP contribution >= 0.6 is 0 Å². The maximum atomic E-state index is 12.4. The van der Waals surface area contributed by atoms with Gasteiger partial charge < -0.3 is 20.0 Å². The average molecular weight is 348 g/mol. The van der Waals surface area contributed by atoms with E-state index in [0.717, 1.165) is 43.7 Å². The van der Waals surface area contributed by atoms with Gasteiger partial charge in [-0.3, -0.25) is 4.79 Å². The van der Waals surface area contributed by atoms with Crippen LogP contribution in [-0.2, 0) is 11.3 Å². The molecule has 0 aromatic carbocycles. The number of rotatable bonds is 4. The topological polar surface area (TPSA) is 87.5 Å². The smallest absolute Gasteiger partial charge is 0.317 e. The van der Waals surface area contributed by atoms with Gasteiger partial charge in [0.1, 0.15) is 5.76 Å². The van der Waals surface area contributed by atoms with Gasteiger partial charge >= 0.3 is 6.03 Å². The zero-order chi connectivity index (χ0) is 17.8. The Morgan fingerprint density at radius 3 is 2.64 bits per heavy atom. The van der Waals surface area contributed by atoms with E-state index in [1.54, 1.807) is 4.90 Å². The number of nitrogens with one attached hydrogen (secondary N) is 2. The van der Waals surface area contributed by atoms with Crippen LogP contribution in [0.25, 0.3) is 0 Å². The van der Waals surface area contributed by atoms with Gasteiger partial charge in [0, 0.05) is 19.1 Å². The van der Waals surface area contributed by atoms with E-state index < -0.39 is 0 Å². The van der Waals surface area contributed by atoms with E-state index in [2.05, 4.69) is 15.6 Å². The Morgan fingerprint density at radius 2 is 1.96 bits per heavy atom. The number of nitrogens with zero attached hydrogens (tertiary/aromatic N) is 2. The van der Waals surface area contributed by atoms with Crippen LogP contribution in [0.15, 0.2) is 4.42 Å². The van der Waals surface area contributed by atoms with E-state index in [0.29, 0.717) is 18.5 Å². The molecule has 1 atom stereocenters. The SMILES string of the molecule is Cc1nc(CNC(=O)[C@H]2CCCN(C(=O)NC3CCCC3)C2)oc1C.